The molecular weight excluding hydrogens is 290 g/mol. The Labute approximate surface area is 141 Å². The smallest absolute Gasteiger partial charge is 0.322 e. The van der Waals surface area contributed by atoms with Crippen molar-refractivity contribution in [2.75, 3.05) is 6.54 Å². The van der Waals surface area contributed by atoms with Crippen molar-refractivity contribution in [1.29, 1.82) is 0 Å². The van der Waals surface area contributed by atoms with E-state index in [9.17, 15) is 9.59 Å². The number of carboxylic acids is 1. The summed E-state index contributed by atoms with van der Waals surface area (Å²) >= 11 is 0. The summed E-state index contributed by atoms with van der Waals surface area (Å²) in [7, 11) is 0. The zero-order valence-corrected chi connectivity index (χ0v) is 14.6. The Morgan fingerprint density at radius 3 is 2.13 bits per heavy atom. The number of carboxylic acid groups (broad SMARTS) is 1. The van der Waals surface area contributed by atoms with Crippen molar-refractivity contribution in [3.63, 3.8) is 0 Å². The van der Waals surface area contributed by atoms with E-state index >= 15 is 0 Å². The first-order valence-electron chi connectivity index (χ1n) is 8.95. The number of aliphatic carboxylic acids is 1. The van der Waals surface area contributed by atoms with Gasteiger partial charge in [0.25, 0.3) is 0 Å². The minimum atomic E-state index is -0.997. The third-order valence-electron chi connectivity index (χ3n) is 3.54. The standard InChI is InChI=1S/C19H33NO3/c1-2-3-4-5-6-7-8-9-10-11-12-13-14-15-16-18(21)20-17-19(22)23/h5-6,8-9H,2-4,7,10-17H2,1H3,(H,20,21)(H,22,23)/b6-5-,9-8-. The number of amides is 1. The van der Waals surface area contributed by atoms with Crippen molar-refractivity contribution in [3.05, 3.63) is 24.3 Å². The van der Waals surface area contributed by atoms with Crippen LogP contribution in [0.5, 0.6) is 0 Å². The first-order chi connectivity index (χ1) is 11.2. The molecule has 1 amide bonds. The van der Waals surface area contributed by atoms with E-state index in [2.05, 4.69) is 36.5 Å². The van der Waals surface area contributed by atoms with Crippen LogP contribution >= 0.6 is 0 Å². The van der Waals surface area contributed by atoms with Gasteiger partial charge in [-0.25, -0.2) is 0 Å². The van der Waals surface area contributed by atoms with Crippen molar-refractivity contribution in [2.24, 2.45) is 0 Å². The molecule has 0 rings (SSSR count). The number of rotatable bonds is 15. The fourth-order valence-corrected chi connectivity index (χ4v) is 2.17. The van der Waals surface area contributed by atoms with Crippen molar-refractivity contribution < 1.29 is 14.7 Å². The fraction of sp³-hybridized carbons (Fsp3) is 0.684. The molecule has 0 radical (unpaired) electrons. The molecule has 0 unspecified atom stereocenters. The van der Waals surface area contributed by atoms with Crippen LogP contribution in [0.15, 0.2) is 24.3 Å². The van der Waals surface area contributed by atoms with Gasteiger partial charge in [-0.15, -0.1) is 0 Å². The molecule has 4 heteroatoms. The number of allylic oxidation sites excluding steroid dienone is 4. The van der Waals surface area contributed by atoms with Crippen LogP contribution in [0.1, 0.15) is 77.6 Å². The Morgan fingerprint density at radius 1 is 0.870 bits per heavy atom. The minimum absolute atomic E-state index is 0.165. The summed E-state index contributed by atoms with van der Waals surface area (Å²) in [6.45, 7) is 1.93. The highest BCUT2D eigenvalue weighted by atomic mass is 16.4. The number of carbonyl (C=O) groups is 2. The van der Waals surface area contributed by atoms with Gasteiger partial charge in [-0.3, -0.25) is 9.59 Å². The predicted octanol–water partition coefficient (Wildman–Crippen LogP) is 4.61. The van der Waals surface area contributed by atoms with Crippen LogP contribution in [0.3, 0.4) is 0 Å². The Hall–Kier alpha value is -1.58. The lowest BCUT2D eigenvalue weighted by Gasteiger charge is -2.02. The average molecular weight is 323 g/mol. The molecule has 0 aromatic heterocycles. The maximum Gasteiger partial charge on any atom is 0.322 e. The third-order valence-corrected chi connectivity index (χ3v) is 3.54. The van der Waals surface area contributed by atoms with Gasteiger partial charge in [0.2, 0.25) is 5.91 Å². The Bertz CT molecular complexity index is 362. The van der Waals surface area contributed by atoms with E-state index in [0.717, 1.165) is 32.1 Å². The molecule has 0 heterocycles. The number of carbonyl (C=O) groups excluding carboxylic acids is 1. The van der Waals surface area contributed by atoms with Gasteiger partial charge in [-0.2, -0.15) is 0 Å². The highest BCUT2D eigenvalue weighted by Crippen LogP contribution is 2.08. The monoisotopic (exact) mass is 323 g/mol. The topological polar surface area (TPSA) is 66.4 Å². The number of unbranched alkanes of at least 4 members (excludes halogenated alkanes) is 7. The highest BCUT2D eigenvalue weighted by Gasteiger charge is 2.02. The van der Waals surface area contributed by atoms with E-state index in [1.807, 2.05) is 0 Å². The van der Waals surface area contributed by atoms with Gasteiger partial charge in [0, 0.05) is 6.42 Å². The summed E-state index contributed by atoms with van der Waals surface area (Å²) < 4.78 is 0. The van der Waals surface area contributed by atoms with E-state index in [4.69, 9.17) is 5.11 Å². The lowest BCUT2D eigenvalue weighted by molar-refractivity contribution is -0.137. The molecule has 0 saturated heterocycles. The van der Waals surface area contributed by atoms with Crippen molar-refractivity contribution in [1.82, 2.24) is 5.32 Å². The quantitative estimate of drug-likeness (QED) is 0.341. The molecule has 0 aromatic carbocycles. The van der Waals surface area contributed by atoms with Crippen molar-refractivity contribution in [3.8, 4) is 0 Å². The van der Waals surface area contributed by atoms with Crippen LogP contribution < -0.4 is 5.32 Å². The molecule has 0 bridgehead atoms. The minimum Gasteiger partial charge on any atom is -0.480 e. The van der Waals surface area contributed by atoms with Crippen molar-refractivity contribution in [2.45, 2.75) is 77.6 Å². The number of hydrogen-bond acceptors (Lipinski definition) is 2. The molecule has 132 valence electrons. The molecule has 4 nitrogen and oxygen atoms in total. The molecule has 0 aliphatic carbocycles. The Morgan fingerprint density at radius 2 is 1.48 bits per heavy atom. The van der Waals surface area contributed by atoms with Gasteiger partial charge in [0.1, 0.15) is 6.54 Å². The van der Waals surface area contributed by atoms with Crippen LogP contribution in [-0.2, 0) is 9.59 Å². The van der Waals surface area contributed by atoms with Crippen LogP contribution in [-0.4, -0.2) is 23.5 Å². The molecule has 0 atom stereocenters. The largest absolute Gasteiger partial charge is 0.480 e. The molecule has 0 saturated carbocycles. The second kappa shape index (κ2) is 16.8. The average Bonchev–Trinajstić information content (AvgIpc) is 2.53. The second-order valence-corrected chi connectivity index (χ2v) is 5.80. The lowest BCUT2D eigenvalue weighted by Crippen LogP contribution is -2.28. The maximum atomic E-state index is 11.3. The highest BCUT2D eigenvalue weighted by molar-refractivity contribution is 5.80. The normalized spacial score (nSPS) is 11.3. The molecule has 0 spiro atoms. The molecule has 0 aromatic rings. The molecular formula is C19H33NO3. The van der Waals surface area contributed by atoms with E-state index < -0.39 is 5.97 Å². The summed E-state index contributed by atoms with van der Waals surface area (Å²) in [5.41, 5.74) is 0. The Kier molecular flexibility index (Phi) is 15.6. The summed E-state index contributed by atoms with van der Waals surface area (Å²) in [6, 6.07) is 0. The number of hydrogen-bond donors (Lipinski definition) is 2. The fourth-order valence-electron chi connectivity index (χ4n) is 2.17. The van der Waals surface area contributed by atoms with Gasteiger partial charge in [-0.1, -0.05) is 63.3 Å². The summed E-state index contributed by atoms with van der Waals surface area (Å²) in [5, 5.41) is 10.8. The molecule has 0 fully saturated rings. The third kappa shape index (κ3) is 18.4. The van der Waals surface area contributed by atoms with Crippen molar-refractivity contribution >= 4 is 11.9 Å². The van der Waals surface area contributed by atoms with Gasteiger partial charge < -0.3 is 10.4 Å². The lowest BCUT2D eigenvalue weighted by atomic mass is 10.1. The van der Waals surface area contributed by atoms with Gasteiger partial charge >= 0.3 is 5.97 Å². The van der Waals surface area contributed by atoms with Crippen LogP contribution in [0.2, 0.25) is 0 Å². The summed E-state index contributed by atoms with van der Waals surface area (Å²) in [4.78, 5) is 21.6. The first kappa shape index (κ1) is 21.4. The summed E-state index contributed by atoms with van der Waals surface area (Å²) in [6.07, 6.45) is 20.7. The van der Waals surface area contributed by atoms with Gasteiger partial charge in [-0.05, 0) is 32.1 Å². The summed E-state index contributed by atoms with van der Waals surface area (Å²) in [5.74, 6) is -1.16. The molecule has 0 aliphatic heterocycles. The van der Waals surface area contributed by atoms with E-state index in [1.165, 1.54) is 32.1 Å². The van der Waals surface area contributed by atoms with E-state index in [-0.39, 0.29) is 12.5 Å². The molecule has 23 heavy (non-hydrogen) atoms. The molecule has 2 N–H and O–H groups in total. The van der Waals surface area contributed by atoms with Gasteiger partial charge in [0.15, 0.2) is 0 Å². The maximum absolute atomic E-state index is 11.3. The zero-order chi connectivity index (χ0) is 17.2. The predicted molar refractivity (Wildman–Crippen MR) is 95.4 cm³/mol. The first-order valence-corrected chi connectivity index (χ1v) is 8.95. The zero-order valence-electron chi connectivity index (χ0n) is 14.6. The van der Waals surface area contributed by atoms with Gasteiger partial charge in [0.05, 0.1) is 0 Å². The Balaban J connectivity index is 3.28. The van der Waals surface area contributed by atoms with Crippen LogP contribution in [0, 0.1) is 0 Å². The number of nitrogens with one attached hydrogen (secondary N) is 1. The van der Waals surface area contributed by atoms with E-state index in [0.29, 0.717) is 6.42 Å². The SMILES string of the molecule is CCCC/C=C\C/C=C\CCCCCCCC(=O)NCC(=O)O. The van der Waals surface area contributed by atoms with Crippen LogP contribution in [0.4, 0.5) is 0 Å². The second-order valence-electron chi connectivity index (χ2n) is 5.80. The molecule has 0 aliphatic rings. The van der Waals surface area contributed by atoms with Crippen LogP contribution in [0.25, 0.3) is 0 Å². The van der Waals surface area contributed by atoms with E-state index in [1.54, 1.807) is 0 Å².